The van der Waals surface area contributed by atoms with Crippen molar-refractivity contribution in [3.8, 4) is 11.5 Å². The molecule has 3 heteroatoms. The highest BCUT2D eigenvalue weighted by molar-refractivity contribution is 6.21. The Bertz CT molecular complexity index is 390. The van der Waals surface area contributed by atoms with Crippen LogP contribution in [0.5, 0.6) is 11.5 Å². The van der Waals surface area contributed by atoms with Crippen molar-refractivity contribution in [2.75, 3.05) is 13.2 Å². The quantitative estimate of drug-likeness (QED) is 0.742. The predicted molar refractivity (Wildman–Crippen MR) is 70.0 cm³/mol. The van der Waals surface area contributed by atoms with E-state index in [1.54, 1.807) is 0 Å². The second kappa shape index (κ2) is 5.18. The first-order valence-electron chi connectivity index (χ1n) is 6.11. The van der Waals surface area contributed by atoms with Gasteiger partial charge in [-0.15, -0.1) is 11.6 Å². The smallest absolute Gasteiger partial charge is 0.161 e. The lowest BCUT2D eigenvalue weighted by Gasteiger charge is -2.15. The second-order valence-corrected chi connectivity index (χ2v) is 5.55. The van der Waals surface area contributed by atoms with Crippen LogP contribution in [0.3, 0.4) is 0 Å². The van der Waals surface area contributed by atoms with E-state index in [4.69, 9.17) is 21.1 Å². The minimum Gasteiger partial charge on any atom is -0.489 e. The Morgan fingerprint density at radius 1 is 1.18 bits per heavy atom. The molecule has 2 nitrogen and oxygen atoms in total. The van der Waals surface area contributed by atoms with E-state index in [-0.39, 0.29) is 5.38 Å². The lowest BCUT2D eigenvalue weighted by atomic mass is 10.0. The van der Waals surface area contributed by atoms with Crippen LogP contribution in [-0.2, 0) is 0 Å². The lowest BCUT2D eigenvalue weighted by Crippen LogP contribution is -2.12. The van der Waals surface area contributed by atoms with E-state index in [1.165, 1.54) is 0 Å². The number of ether oxygens (including phenoxy) is 2. The third kappa shape index (κ3) is 2.86. The zero-order valence-corrected chi connectivity index (χ0v) is 11.3. The first kappa shape index (κ1) is 12.6. The summed E-state index contributed by atoms with van der Waals surface area (Å²) in [5, 5.41) is 0.0181. The van der Waals surface area contributed by atoms with E-state index in [2.05, 4.69) is 20.8 Å². The molecule has 1 aliphatic heterocycles. The van der Waals surface area contributed by atoms with E-state index in [0.717, 1.165) is 17.1 Å². The van der Waals surface area contributed by atoms with Gasteiger partial charge in [0, 0.05) is 5.92 Å². The topological polar surface area (TPSA) is 18.5 Å². The maximum Gasteiger partial charge on any atom is 0.161 e. The van der Waals surface area contributed by atoms with Gasteiger partial charge in [-0.05, 0) is 23.6 Å². The van der Waals surface area contributed by atoms with Gasteiger partial charge in [-0.3, -0.25) is 0 Å². The van der Waals surface area contributed by atoms with Crippen LogP contribution in [0.25, 0.3) is 0 Å². The molecule has 0 radical (unpaired) electrons. The van der Waals surface area contributed by atoms with Gasteiger partial charge in [-0.2, -0.15) is 0 Å². The number of alkyl halides is 1. The van der Waals surface area contributed by atoms with E-state index >= 15 is 0 Å². The van der Waals surface area contributed by atoms with E-state index in [0.29, 0.717) is 25.0 Å². The summed E-state index contributed by atoms with van der Waals surface area (Å²) in [5.74, 6) is 2.46. The molecule has 0 saturated carbocycles. The van der Waals surface area contributed by atoms with Crippen molar-refractivity contribution in [2.45, 2.75) is 26.1 Å². The van der Waals surface area contributed by atoms with Crippen molar-refractivity contribution < 1.29 is 9.47 Å². The van der Waals surface area contributed by atoms with Gasteiger partial charge in [-0.25, -0.2) is 0 Å². The Morgan fingerprint density at radius 3 is 2.47 bits per heavy atom. The molecule has 2 unspecified atom stereocenters. The van der Waals surface area contributed by atoms with Crippen molar-refractivity contribution in [1.29, 1.82) is 0 Å². The molecule has 0 aliphatic carbocycles. The monoisotopic (exact) mass is 254 g/mol. The predicted octanol–water partition coefficient (Wildman–Crippen LogP) is 4.03. The second-order valence-electron chi connectivity index (χ2n) is 5.08. The molecule has 0 bridgehead atoms. The van der Waals surface area contributed by atoms with Gasteiger partial charge in [0.2, 0.25) is 0 Å². The summed E-state index contributed by atoms with van der Waals surface area (Å²) in [6.07, 6.45) is 0. The summed E-state index contributed by atoms with van der Waals surface area (Å²) in [6.45, 7) is 7.75. The van der Waals surface area contributed by atoms with Gasteiger partial charge < -0.3 is 9.47 Å². The fraction of sp³-hybridized carbons (Fsp3) is 0.571. The highest BCUT2D eigenvalue weighted by Crippen LogP contribution is 2.36. The SMILES string of the molecule is CC1COc2ccc(C(Cl)C(C)C)cc2OC1. The van der Waals surface area contributed by atoms with Crippen LogP contribution < -0.4 is 9.47 Å². The van der Waals surface area contributed by atoms with E-state index in [9.17, 15) is 0 Å². The van der Waals surface area contributed by atoms with Crippen LogP contribution in [0, 0.1) is 11.8 Å². The Morgan fingerprint density at radius 2 is 1.82 bits per heavy atom. The number of benzene rings is 1. The van der Waals surface area contributed by atoms with Gasteiger partial charge in [0.25, 0.3) is 0 Å². The maximum atomic E-state index is 6.36. The minimum absolute atomic E-state index is 0.0181. The summed E-state index contributed by atoms with van der Waals surface area (Å²) in [7, 11) is 0. The van der Waals surface area contributed by atoms with Gasteiger partial charge in [0.05, 0.1) is 18.6 Å². The largest absolute Gasteiger partial charge is 0.489 e. The van der Waals surface area contributed by atoms with Crippen LogP contribution in [0.2, 0.25) is 0 Å². The van der Waals surface area contributed by atoms with Crippen molar-refractivity contribution >= 4 is 11.6 Å². The van der Waals surface area contributed by atoms with Gasteiger partial charge >= 0.3 is 0 Å². The van der Waals surface area contributed by atoms with E-state index < -0.39 is 0 Å². The van der Waals surface area contributed by atoms with E-state index in [1.807, 2.05) is 18.2 Å². The number of fused-ring (bicyclic) bond motifs is 1. The molecule has 0 aromatic heterocycles. The van der Waals surface area contributed by atoms with Gasteiger partial charge in [-0.1, -0.05) is 26.8 Å². The Hall–Kier alpha value is -0.890. The maximum absolute atomic E-state index is 6.36. The molecular formula is C14H19ClO2. The molecule has 2 atom stereocenters. The molecule has 0 spiro atoms. The molecule has 94 valence electrons. The van der Waals surface area contributed by atoms with Crippen molar-refractivity contribution in [3.05, 3.63) is 23.8 Å². The first-order chi connectivity index (χ1) is 8.08. The molecule has 0 amide bonds. The molecule has 0 N–H and O–H groups in total. The normalized spacial score (nSPS) is 21.1. The number of hydrogen-bond acceptors (Lipinski definition) is 2. The molecule has 1 aliphatic rings. The van der Waals surface area contributed by atoms with Crippen LogP contribution in [0.4, 0.5) is 0 Å². The average Bonchev–Trinajstić information content (AvgIpc) is 2.50. The third-order valence-electron chi connectivity index (χ3n) is 2.92. The highest BCUT2D eigenvalue weighted by atomic mass is 35.5. The lowest BCUT2D eigenvalue weighted by molar-refractivity contribution is 0.228. The van der Waals surface area contributed by atoms with Crippen molar-refractivity contribution in [2.24, 2.45) is 11.8 Å². The third-order valence-corrected chi connectivity index (χ3v) is 3.67. The molecule has 1 aromatic rings. The molecule has 1 aromatic carbocycles. The average molecular weight is 255 g/mol. The minimum atomic E-state index is 0.0181. The fourth-order valence-corrected chi connectivity index (χ4v) is 1.96. The summed E-state index contributed by atoms with van der Waals surface area (Å²) in [4.78, 5) is 0. The number of halogens is 1. The Balaban J connectivity index is 2.25. The molecule has 0 fully saturated rings. The number of rotatable bonds is 2. The van der Waals surface area contributed by atoms with Crippen molar-refractivity contribution in [3.63, 3.8) is 0 Å². The molecule has 1 heterocycles. The molecule has 17 heavy (non-hydrogen) atoms. The van der Waals surface area contributed by atoms with Crippen LogP contribution in [0.15, 0.2) is 18.2 Å². The highest BCUT2D eigenvalue weighted by Gasteiger charge is 2.18. The van der Waals surface area contributed by atoms with Crippen LogP contribution >= 0.6 is 11.6 Å². The first-order valence-corrected chi connectivity index (χ1v) is 6.55. The summed E-state index contributed by atoms with van der Waals surface area (Å²) < 4.78 is 11.4. The fourth-order valence-electron chi connectivity index (χ4n) is 1.83. The Kier molecular flexibility index (Phi) is 3.82. The summed E-state index contributed by atoms with van der Waals surface area (Å²) in [5.41, 5.74) is 1.10. The van der Waals surface area contributed by atoms with Crippen molar-refractivity contribution in [1.82, 2.24) is 0 Å². The van der Waals surface area contributed by atoms with Gasteiger partial charge in [0.15, 0.2) is 11.5 Å². The van der Waals surface area contributed by atoms with Gasteiger partial charge in [0.1, 0.15) is 0 Å². The van der Waals surface area contributed by atoms with Crippen LogP contribution in [-0.4, -0.2) is 13.2 Å². The molecule has 0 saturated heterocycles. The molecular weight excluding hydrogens is 236 g/mol. The Labute approximate surface area is 108 Å². The summed E-state index contributed by atoms with van der Waals surface area (Å²) >= 11 is 6.36. The zero-order chi connectivity index (χ0) is 12.4. The molecule has 2 rings (SSSR count). The van der Waals surface area contributed by atoms with Crippen LogP contribution in [0.1, 0.15) is 31.7 Å². The standard InChI is InChI=1S/C14H19ClO2/c1-9(2)14(15)11-4-5-12-13(6-11)17-8-10(3)7-16-12/h4-6,9-10,14H,7-8H2,1-3H3. The zero-order valence-electron chi connectivity index (χ0n) is 10.6. The summed E-state index contributed by atoms with van der Waals surface area (Å²) in [6, 6.07) is 5.99. The number of hydrogen-bond donors (Lipinski definition) is 0.